The Kier molecular flexibility index (Phi) is 6.21. The maximum absolute atomic E-state index is 11.1. The Morgan fingerprint density at radius 1 is 1.35 bits per heavy atom. The minimum absolute atomic E-state index is 0. The molecule has 0 unspecified atom stereocenters. The SMILES string of the molecule is Cc1ccccc1C(C)(C)CNC(=O)CN.Cl. The molecule has 0 heterocycles. The van der Waals surface area contributed by atoms with Gasteiger partial charge in [0.15, 0.2) is 0 Å². The minimum Gasteiger partial charge on any atom is -0.354 e. The number of aryl methyl sites for hydroxylation is 1. The Hall–Kier alpha value is -1.06. The van der Waals surface area contributed by atoms with E-state index < -0.39 is 0 Å². The summed E-state index contributed by atoms with van der Waals surface area (Å²) < 4.78 is 0. The lowest BCUT2D eigenvalue weighted by molar-refractivity contribution is -0.119. The highest BCUT2D eigenvalue weighted by molar-refractivity contribution is 5.85. The molecule has 0 spiro atoms. The van der Waals surface area contributed by atoms with E-state index in [1.54, 1.807) is 0 Å². The summed E-state index contributed by atoms with van der Waals surface area (Å²) in [6.07, 6.45) is 0. The van der Waals surface area contributed by atoms with Crippen molar-refractivity contribution < 1.29 is 4.79 Å². The number of nitrogens with two attached hydrogens (primary N) is 1. The highest BCUT2D eigenvalue weighted by Crippen LogP contribution is 2.25. The predicted molar refractivity (Wildman–Crippen MR) is 73.5 cm³/mol. The first-order valence-corrected chi connectivity index (χ1v) is 5.50. The lowest BCUT2D eigenvalue weighted by atomic mass is 9.82. The van der Waals surface area contributed by atoms with Gasteiger partial charge in [-0.15, -0.1) is 12.4 Å². The Balaban J connectivity index is 0.00000256. The fourth-order valence-electron chi connectivity index (χ4n) is 1.82. The molecule has 17 heavy (non-hydrogen) atoms. The smallest absolute Gasteiger partial charge is 0.233 e. The standard InChI is InChI=1S/C13H20N2O.ClH/c1-10-6-4-5-7-11(10)13(2,3)9-15-12(16)8-14;/h4-7H,8-9,14H2,1-3H3,(H,15,16);1H. The molecule has 0 aliphatic rings. The molecule has 0 saturated heterocycles. The first-order valence-electron chi connectivity index (χ1n) is 5.50. The average Bonchev–Trinajstić information content (AvgIpc) is 2.26. The molecule has 1 aromatic rings. The van der Waals surface area contributed by atoms with Crippen LogP contribution in [0.5, 0.6) is 0 Å². The van der Waals surface area contributed by atoms with E-state index >= 15 is 0 Å². The zero-order valence-electron chi connectivity index (χ0n) is 10.6. The molecular formula is C13H21ClN2O. The van der Waals surface area contributed by atoms with E-state index in [2.05, 4.69) is 38.2 Å². The lowest BCUT2D eigenvalue weighted by Crippen LogP contribution is -2.39. The van der Waals surface area contributed by atoms with Gasteiger partial charge in [-0.25, -0.2) is 0 Å². The molecule has 3 N–H and O–H groups in total. The summed E-state index contributed by atoms with van der Waals surface area (Å²) in [5, 5.41) is 2.83. The summed E-state index contributed by atoms with van der Waals surface area (Å²) in [7, 11) is 0. The van der Waals surface area contributed by atoms with Gasteiger partial charge in [-0.05, 0) is 18.1 Å². The Labute approximate surface area is 109 Å². The highest BCUT2D eigenvalue weighted by Gasteiger charge is 2.22. The number of hydrogen-bond donors (Lipinski definition) is 2. The molecule has 0 fully saturated rings. The molecular weight excluding hydrogens is 236 g/mol. The van der Waals surface area contributed by atoms with E-state index in [-0.39, 0.29) is 30.3 Å². The first-order chi connectivity index (χ1) is 7.47. The second-order valence-electron chi connectivity index (χ2n) is 4.68. The molecule has 0 aromatic heterocycles. The van der Waals surface area contributed by atoms with Crippen molar-refractivity contribution in [1.29, 1.82) is 0 Å². The van der Waals surface area contributed by atoms with Gasteiger partial charge in [0.1, 0.15) is 0 Å². The molecule has 3 nitrogen and oxygen atoms in total. The van der Waals surface area contributed by atoms with Crippen molar-refractivity contribution >= 4 is 18.3 Å². The minimum atomic E-state index is -0.110. The van der Waals surface area contributed by atoms with Crippen molar-refractivity contribution in [2.75, 3.05) is 13.1 Å². The van der Waals surface area contributed by atoms with Crippen LogP contribution in [0.15, 0.2) is 24.3 Å². The maximum atomic E-state index is 11.1. The molecule has 1 rings (SSSR count). The topological polar surface area (TPSA) is 55.1 Å². The molecule has 0 atom stereocenters. The fraction of sp³-hybridized carbons (Fsp3) is 0.462. The molecule has 1 aromatic carbocycles. The van der Waals surface area contributed by atoms with Gasteiger partial charge in [-0.1, -0.05) is 38.1 Å². The van der Waals surface area contributed by atoms with Crippen molar-refractivity contribution in [3.8, 4) is 0 Å². The van der Waals surface area contributed by atoms with Crippen LogP contribution in [0.3, 0.4) is 0 Å². The highest BCUT2D eigenvalue weighted by atomic mass is 35.5. The van der Waals surface area contributed by atoms with Gasteiger partial charge in [0.2, 0.25) is 5.91 Å². The number of nitrogens with one attached hydrogen (secondary N) is 1. The number of carbonyl (C=O) groups is 1. The van der Waals surface area contributed by atoms with Crippen LogP contribution >= 0.6 is 12.4 Å². The van der Waals surface area contributed by atoms with Gasteiger partial charge >= 0.3 is 0 Å². The third kappa shape index (κ3) is 4.36. The molecule has 0 saturated carbocycles. The fourth-order valence-corrected chi connectivity index (χ4v) is 1.82. The van der Waals surface area contributed by atoms with Gasteiger partial charge in [0, 0.05) is 12.0 Å². The van der Waals surface area contributed by atoms with Crippen LogP contribution in [0.25, 0.3) is 0 Å². The number of benzene rings is 1. The summed E-state index contributed by atoms with van der Waals surface area (Å²) in [5.74, 6) is -0.110. The largest absolute Gasteiger partial charge is 0.354 e. The second-order valence-corrected chi connectivity index (χ2v) is 4.68. The van der Waals surface area contributed by atoms with E-state index in [9.17, 15) is 4.79 Å². The van der Waals surface area contributed by atoms with Gasteiger partial charge in [0.25, 0.3) is 0 Å². The molecule has 4 heteroatoms. The van der Waals surface area contributed by atoms with Crippen molar-refractivity contribution in [2.24, 2.45) is 5.73 Å². The maximum Gasteiger partial charge on any atom is 0.233 e. The van der Waals surface area contributed by atoms with E-state index in [1.807, 2.05) is 12.1 Å². The molecule has 0 aliphatic heterocycles. The quantitative estimate of drug-likeness (QED) is 0.863. The van der Waals surface area contributed by atoms with Crippen molar-refractivity contribution in [1.82, 2.24) is 5.32 Å². The molecule has 0 bridgehead atoms. The average molecular weight is 257 g/mol. The van der Waals surface area contributed by atoms with Crippen LogP contribution in [-0.4, -0.2) is 19.0 Å². The monoisotopic (exact) mass is 256 g/mol. The predicted octanol–water partition coefficient (Wildman–Crippen LogP) is 1.77. The summed E-state index contributed by atoms with van der Waals surface area (Å²) in [6, 6.07) is 8.23. The van der Waals surface area contributed by atoms with Crippen LogP contribution < -0.4 is 11.1 Å². The van der Waals surface area contributed by atoms with E-state index in [4.69, 9.17) is 5.73 Å². The summed E-state index contributed by atoms with van der Waals surface area (Å²) in [5.41, 5.74) is 7.69. The third-order valence-corrected chi connectivity index (χ3v) is 2.79. The van der Waals surface area contributed by atoms with Crippen molar-refractivity contribution in [3.63, 3.8) is 0 Å². The first kappa shape index (κ1) is 15.9. The summed E-state index contributed by atoms with van der Waals surface area (Å²) in [4.78, 5) is 11.1. The van der Waals surface area contributed by atoms with Crippen molar-refractivity contribution in [3.05, 3.63) is 35.4 Å². The number of rotatable bonds is 4. The van der Waals surface area contributed by atoms with Crippen LogP contribution in [0.1, 0.15) is 25.0 Å². The van der Waals surface area contributed by atoms with E-state index in [1.165, 1.54) is 11.1 Å². The number of halogens is 1. The molecule has 0 radical (unpaired) electrons. The Bertz CT molecular complexity index is 377. The normalized spacial score (nSPS) is 10.6. The third-order valence-electron chi connectivity index (χ3n) is 2.79. The van der Waals surface area contributed by atoms with Gasteiger partial charge < -0.3 is 11.1 Å². The van der Waals surface area contributed by atoms with E-state index in [0.717, 1.165) is 0 Å². The van der Waals surface area contributed by atoms with Gasteiger partial charge in [0.05, 0.1) is 6.54 Å². The molecule has 1 amide bonds. The van der Waals surface area contributed by atoms with Crippen molar-refractivity contribution in [2.45, 2.75) is 26.2 Å². The zero-order chi connectivity index (χ0) is 12.2. The molecule has 0 aliphatic carbocycles. The van der Waals surface area contributed by atoms with Crippen LogP contribution in [0, 0.1) is 6.92 Å². The summed E-state index contributed by atoms with van der Waals surface area (Å²) >= 11 is 0. The summed E-state index contributed by atoms with van der Waals surface area (Å²) in [6.45, 7) is 6.97. The number of carbonyl (C=O) groups excluding carboxylic acids is 1. The van der Waals surface area contributed by atoms with Crippen LogP contribution in [0.4, 0.5) is 0 Å². The van der Waals surface area contributed by atoms with Gasteiger partial charge in [-0.2, -0.15) is 0 Å². The number of amides is 1. The Morgan fingerprint density at radius 2 is 1.94 bits per heavy atom. The van der Waals surface area contributed by atoms with Gasteiger partial charge in [-0.3, -0.25) is 4.79 Å². The molecule has 96 valence electrons. The number of hydrogen-bond acceptors (Lipinski definition) is 2. The Morgan fingerprint density at radius 3 is 2.47 bits per heavy atom. The van der Waals surface area contributed by atoms with Crippen LogP contribution in [0.2, 0.25) is 0 Å². The van der Waals surface area contributed by atoms with Crippen LogP contribution in [-0.2, 0) is 10.2 Å². The second kappa shape index (κ2) is 6.62. The zero-order valence-corrected chi connectivity index (χ0v) is 11.4. The lowest BCUT2D eigenvalue weighted by Gasteiger charge is -2.27. The van der Waals surface area contributed by atoms with E-state index in [0.29, 0.717) is 6.54 Å².